The summed E-state index contributed by atoms with van der Waals surface area (Å²) in [6, 6.07) is 0. The number of rotatable bonds is 1. The van der Waals surface area contributed by atoms with Crippen molar-refractivity contribution in [2.45, 2.75) is 18.4 Å². The Labute approximate surface area is 94.4 Å². The smallest absolute Gasteiger partial charge is 0.110 e. The van der Waals surface area contributed by atoms with E-state index in [4.69, 9.17) is 11.6 Å². The molecule has 1 fully saturated rings. The SMILES string of the molecule is CN1CCC(O)(c2c(Cl)cnn2C)CC1. The van der Waals surface area contributed by atoms with Gasteiger partial charge in [-0.15, -0.1) is 0 Å². The Balaban J connectivity index is 2.30. The first kappa shape index (κ1) is 10.9. The topological polar surface area (TPSA) is 41.3 Å². The zero-order valence-electron chi connectivity index (χ0n) is 9.07. The Morgan fingerprint density at radius 2 is 2.00 bits per heavy atom. The van der Waals surface area contributed by atoms with Gasteiger partial charge in [0.2, 0.25) is 0 Å². The third-order valence-electron chi connectivity index (χ3n) is 3.15. The molecule has 0 atom stereocenters. The van der Waals surface area contributed by atoms with E-state index in [1.54, 1.807) is 10.9 Å². The minimum absolute atomic E-state index is 0.560. The Morgan fingerprint density at radius 3 is 2.47 bits per heavy atom. The summed E-state index contributed by atoms with van der Waals surface area (Å²) in [5.41, 5.74) is -0.0632. The van der Waals surface area contributed by atoms with Crippen LogP contribution in [0.3, 0.4) is 0 Å². The molecule has 0 amide bonds. The zero-order valence-corrected chi connectivity index (χ0v) is 9.83. The second-order valence-electron chi connectivity index (χ2n) is 4.30. The second-order valence-corrected chi connectivity index (χ2v) is 4.71. The number of nitrogens with zero attached hydrogens (tertiary/aromatic N) is 3. The van der Waals surface area contributed by atoms with E-state index in [1.165, 1.54) is 0 Å². The summed E-state index contributed by atoms with van der Waals surface area (Å²) < 4.78 is 1.67. The van der Waals surface area contributed by atoms with Crippen molar-refractivity contribution in [1.82, 2.24) is 14.7 Å². The van der Waals surface area contributed by atoms with Crippen LogP contribution in [0.4, 0.5) is 0 Å². The van der Waals surface area contributed by atoms with Crippen LogP contribution >= 0.6 is 11.6 Å². The molecule has 2 rings (SSSR count). The van der Waals surface area contributed by atoms with Crippen LogP contribution in [-0.2, 0) is 12.6 Å². The molecular formula is C10H16ClN3O. The maximum Gasteiger partial charge on any atom is 0.110 e. The standard InChI is InChI=1S/C10H16ClN3O/c1-13-5-3-10(15,4-6-13)9-8(11)7-12-14(9)2/h7,15H,3-6H2,1-2H3. The largest absolute Gasteiger partial charge is 0.383 e. The van der Waals surface area contributed by atoms with Crippen molar-refractivity contribution in [3.63, 3.8) is 0 Å². The number of aryl methyl sites for hydroxylation is 1. The molecule has 1 aromatic heterocycles. The highest BCUT2D eigenvalue weighted by Gasteiger charge is 2.37. The van der Waals surface area contributed by atoms with Crippen LogP contribution in [0, 0.1) is 0 Å². The van der Waals surface area contributed by atoms with E-state index in [2.05, 4.69) is 17.0 Å². The summed E-state index contributed by atoms with van der Waals surface area (Å²) >= 11 is 6.05. The van der Waals surface area contributed by atoms with Gasteiger partial charge in [-0.05, 0) is 19.9 Å². The molecule has 0 aliphatic carbocycles. The van der Waals surface area contributed by atoms with Crippen molar-refractivity contribution >= 4 is 11.6 Å². The van der Waals surface area contributed by atoms with Crippen molar-refractivity contribution in [2.24, 2.45) is 7.05 Å². The van der Waals surface area contributed by atoms with Gasteiger partial charge in [-0.2, -0.15) is 5.10 Å². The lowest BCUT2D eigenvalue weighted by molar-refractivity contribution is -0.0266. The van der Waals surface area contributed by atoms with Gasteiger partial charge in [0, 0.05) is 20.1 Å². The highest BCUT2D eigenvalue weighted by atomic mass is 35.5. The summed E-state index contributed by atoms with van der Waals surface area (Å²) in [4.78, 5) is 2.21. The van der Waals surface area contributed by atoms with E-state index in [9.17, 15) is 5.11 Å². The highest BCUT2D eigenvalue weighted by molar-refractivity contribution is 6.31. The van der Waals surface area contributed by atoms with E-state index < -0.39 is 5.60 Å². The molecule has 0 radical (unpaired) electrons. The molecule has 84 valence electrons. The fraction of sp³-hybridized carbons (Fsp3) is 0.700. The summed E-state index contributed by atoms with van der Waals surface area (Å²) in [7, 11) is 3.88. The molecule has 15 heavy (non-hydrogen) atoms. The predicted octanol–water partition coefficient (Wildman–Crippen LogP) is 0.987. The maximum atomic E-state index is 10.5. The first-order valence-electron chi connectivity index (χ1n) is 5.12. The molecule has 5 heteroatoms. The maximum absolute atomic E-state index is 10.5. The Bertz CT molecular complexity index is 336. The highest BCUT2D eigenvalue weighted by Crippen LogP contribution is 2.35. The molecular weight excluding hydrogens is 214 g/mol. The number of piperidine rings is 1. The quantitative estimate of drug-likeness (QED) is 0.781. The van der Waals surface area contributed by atoms with Crippen LogP contribution in [0.1, 0.15) is 18.5 Å². The van der Waals surface area contributed by atoms with Crippen molar-refractivity contribution in [1.29, 1.82) is 0 Å². The van der Waals surface area contributed by atoms with Gasteiger partial charge in [-0.1, -0.05) is 11.6 Å². The summed E-state index contributed by atoms with van der Waals surface area (Å²) in [5.74, 6) is 0. The van der Waals surface area contributed by atoms with Gasteiger partial charge >= 0.3 is 0 Å². The first-order valence-corrected chi connectivity index (χ1v) is 5.50. The molecule has 1 saturated heterocycles. The van der Waals surface area contributed by atoms with Gasteiger partial charge in [-0.3, -0.25) is 4.68 Å². The lowest BCUT2D eigenvalue weighted by Gasteiger charge is -2.36. The molecule has 1 aliphatic heterocycles. The monoisotopic (exact) mass is 229 g/mol. The fourth-order valence-corrected chi connectivity index (χ4v) is 2.50. The number of likely N-dealkylation sites (tertiary alicyclic amines) is 1. The fourth-order valence-electron chi connectivity index (χ4n) is 2.16. The van der Waals surface area contributed by atoms with E-state index in [-0.39, 0.29) is 0 Å². The lowest BCUT2D eigenvalue weighted by atomic mass is 9.88. The third-order valence-corrected chi connectivity index (χ3v) is 3.43. The van der Waals surface area contributed by atoms with Crippen LogP contribution < -0.4 is 0 Å². The van der Waals surface area contributed by atoms with Crippen LogP contribution in [0.15, 0.2) is 6.20 Å². The molecule has 2 heterocycles. The molecule has 1 N–H and O–H groups in total. The Hall–Kier alpha value is -0.580. The van der Waals surface area contributed by atoms with E-state index in [0.717, 1.165) is 18.8 Å². The predicted molar refractivity (Wildman–Crippen MR) is 58.8 cm³/mol. The number of halogens is 1. The lowest BCUT2D eigenvalue weighted by Crippen LogP contribution is -2.42. The van der Waals surface area contributed by atoms with Crippen LogP contribution in [0.25, 0.3) is 0 Å². The Morgan fingerprint density at radius 1 is 1.40 bits per heavy atom. The normalized spacial score (nSPS) is 21.9. The van der Waals surface area contributed by atoms with E-state index in [1.807, 2.05) is 7.05 Å². The van der Waals surface area contributed by atoms with Gasteiger partial charge in [0.25, 0.3) is 0 Å². The Kier molecular flexibility index (Phi) is 2.75. The molecule has 1 aliphatic rings. The van der Waals surface area contributed by atoms with Crippen molar-refractivity contribution in [2.75, 3.05) is 20.1 Å². The summed E-state index contributed by atoms with van der Waals surface area (Å²) in [5, 5.41) is 15.2. The number of hydrogen-bond donors (Lipinski definition) is 1. The molecule has 0 spiro atoms. The van der Waals surface area contributed by atoms with E-state index >= 15 is 0 Å². The molecule has 4 nitrogen and oxygen atoms in total. The average Bonchev–Trinajstić information content (AvgIpc) is 2.52. The van der Waals surface area contributed by atoms with Crippen LogP contribution in [0.2, 0.25) is 5.02 Å². The average molecular weight is 230 g/mol. The van der Waals surface area contributed by atoms with E-state index in [0.29, 0.717) is 17.9 Å². The van der Waals surface area contributed by atoms with Crippen molar-refractivity contribution in [3.8, 4) is 0 Å². The van der Waals surface area contributed by atoms with Gasteiger partial charge in [0.15, 0.2) is 0 Å². The van der Waals surface area contributed by atoms with Gasteiger partial charge in [0.1, 0.15) is 5.60 Å². The zero-order chi connectivity index (χ0) is 11.1. The molecule has 0 unspecified atom stereocenters. The van der Waals surface area contributed by atoms with Gasteiger partial charge in [0.05, 0.1) is 16.9 Å². The van der Waals surface area contributed by atoms with Crippen molar-refractivity contribution in [3.05, 3.63) is 16.9 Å². The molecule has 0 saturated carbocycles. The molecule has 0 aromatic carbocycles. The number of aromatic nitrogens is 2. The first-order chi connectivity index (χ1) is 7.03. The third kappa shape index (κ3) is 1.89. The van der Waals surface area contributed by atoms with Crippen LogP contribution in [0.5, 0.6) is 0 Å². The minimum atomic E-state index is -0.811. The minimum Gasteiger partial charge on any atom is -0.383 e. The molecule has 0 bridgehead atoms. The number of aliphatic hydroxyl groups is 1. The summed E-state index contributed by atoms with van der Waals surface area (Å²) in [6.07, 6.45) is 3.01. The van der Waals surface area contributed by atoms with Gasteiger partial charge < -0.3 is 10.0 Å². The number of hydrogen-bond acceptors (Lipinski definition) is 3. The molecule has 1 aromatic rings. The van der Waals surface area contributed by atoms with Crippen molar-refractivity contribution < 1.29 is 5.11 Å². The van der Waals surface area contributed by atoms with Crippen LogP contribution in [-0.4, -0.2) is 39.9 Å². The second kappa shape index (κ2) is 3.77. The van der Waals surface area contributed by atoms with Gasteiger partial charge in [-0.25, -0.2) is 0 Å². The summed E-state index contributed by atoms with van der Waals surface area (Å²) in [6.45, 7) is 1.77.